The largest absolute Gasteiger partial charge is 0.368 e. The Morgan fingerprint density at radius 3 is 2.09 bits per heavy atom. The molecule has 0 radical (unpaired) electrons. The quantitative estimate of drug-likeness (QED) is 0.508. The second-order valence-electron chi connectivity index (χ2n) is 9.30. The molecule has 184 valence electrons. The molecule has 4 rings (SSSR count). The van der Waals surface area contributed by atoms with Gasteiger partial charge in [0.15, 0.2) is 0 Å². The molecule has 1 aliphatic heterocycles. The van der Waals surface area contributed by atoms with E-state index < -0.39 is 10.0 Å². The fraction of sp³-hybridized carbons (Fsp3) is 0.321. The summed E-state index contributed by atoms with van der Waals surface area (Å²) in [6, 6.07) is 21.0. The average molecular weight is 492 g/mol. The lowest BCUT2D eigenvalue weighted by molar-refractivity contribution is 0.0747. The van der Waals surface area contributed by atoms with Gasteiger partial charge < -0.3 is 9.80 Å². The van der Waals surface area contributed by atoms with E-state index in [1.54, 1.807) is 24.3 Å². The van der Waals surface area contributed by atoms with Crippen molar-refractivity contribution < 1.29 is 13.2 Å². The number of hydrogen-bond donors (Lipinski definition) is 0. The van der Waals surface area contributed by atoms with Crippen LogP contribution >= 0.6 is 0 Å². The molecule has 1 saturated heterocycles. The number of hydrogen-bond acceptors (Lipinski definition) is 4. The highest BCUT2D eigenvalue weighted by Crippen LogP contribution is 2.25. The third-order valence-electron chi connectivity index (χ3n) is 6.73. The second kappa shape index (κ2) is 10.1. The monoisotopic (exact) mass is 491 g/mol. The Kier molecular flexibility index (Phi) is 7.17. The van der Waals surface area contributed by atoms with Crippen LogP contribution in [0.25, 0.3) is 0 Å². The molecule has 6 nitrogen and oxygen atoms in total. The molecule has 0 bridgehead atoms. The van der Waals surface area contributed by atoms with Crippen molar-refractivity contribution in [2.24, 2.45) is 0 Å². The number of benzene rings is 3. The van der Waals surface area contributed by atoms with Crippen molar-refractivity contribution >= 4 is 27.3 Å². The van der Waals surface area contributed by atoms with Gasteiger partial charge in [-0.15, -0.1) is 0 Å². The minimum atomic E-state index is -3.49. The third kappa shape index (κ3) is 5.68. The Morgan fingerprint density at radius 1 is 0.857 bits per heavy atom. The van der Waals surface area contributed by atoms with Crippen LogP contribution in [0.2, 0.25) is 0 Å². The summed E-state index contributed by atoms with van der Waals surface area (Å²) < 4.78 is 26.4. The number of rotatable bonds is 6. The molecule has 0 saturated carbocycles. The summed E-state index contributed by atoms with van der Waals surface area (Å²) in [5.74, 6) is -0.0263. The predicted molar refractivity (Wildman–Crippen MR) is 143 cm³/mol. The molecule has 7 heteroatoms. The molecule has 3 aromatic carbocycles. The van der Waals surface area contributed by atoms with E-state index in [9.17, 15) is 13.2 Å². The first-order chi connectivity index (χ1) is 16.6. The van der Waals surface area contributed by atoms with E-state index in [-0.39, 0.29) is 12.5 Å². The molecule has 0 aromatic heterocycles. The first-order valence-electron chi connectivity index (χ1n) is 11.9. The Balaban J connectivity index is 1.44. The minimum absolute atomic E-state index is 0.0263. The molecule has 1 aliphatic rings. The summed E-state index contributed by atoms with van der Waals surface area (Å²) in [6.07, 6.45) is 1.20. The van der Waals surface area contributed by atoms with Crippen LogP contribution in [0.15, 0.2) is 66.7 Å². The van der Waals surface area contributed by atoms with Crippen LogP contribution in [0.3, 0.4) is 0 Å². The van der Waals surface area contributed by atoms with Crippen LogP contribution in [0.5, 0.6) is 0 Å². The topological polar surface area (TPSA) is 60.9 Å². The van der Waals surface area contributed by atoms with E-state index in [1.165, 1.54) is 27.4 Å². The molecule has 0 atom stereocenters. The molecule has 1 heterocycles. The lowest BCUT2D eigenvalue weighted by Crippen LogP contribution is -2.49. The Labute approximate surface area is 208 Å². The SMILES string of the molecule is Cc1ccc(CN(c2ccc(C(=O)N3CCN(c4cccc(C)c4C)CC3)cc2)S(C)(=O)=O)cc1. The number of sulfonamides is 1. The van der Waals surface area contributed by atoms with Crippen molar-refractivity contribution in [3.05, 3.63) is 94.5 Å². The first kappa shape index (κ1) is 24.8. The zero-order chi connectivity index (χ0) is 25.2. The maximum atomic E-state index is 13.1. The Bertz CT molecular complexity index is 1290. The molecule has 0 aliphatic carbocycles. The highest BCUT2D eigenvalue weighted by molar-refractivity contribution is 7.92. The molecule has 1 fully saturated rings. The molecule has 0 unspecified atom stereocenters. The normalized spacial score (nSPS) is 14.2. The van der Waals surface area contributed by atoms with Gasteiger partial charge in [-0.3, -0.25) is 9.10 Å². The summed E-state index contributed by atoms with van der Waals surface area (Å²) in [5.41, 5.74) is 6.92. The number of carbonyl (C=O) groups is 1. The van der Waals surface area contributed by atoms with Gasteiger partial charge in [-0.2, -0.15) is 0 Å². The van der Waals surface area contributed by atoms with E-state index in [0.717, 1.165) is 24.2 Å². The molecule has 35 heavy (non-hydrogen) atoms. The molecule has 0 N–H and O–H groups in total. The van der Waals surface area contributed by atoms with Gasteiger partial charge in [0.2, 0.25) is 10.0 Å². The number of carbonyl (C=O) groups excluding carboxylic acids is 1. The van der Waals surface area contributed by atoms with E-state index >= 15 is 0 Å². The molecule has 1 amide bonds. The Morgan fingerprint density at radius 2 is 1.49 bits per heavy atom. The Hall–Kier alpha value is -3.32. The van der Waals surface area contributed by atoms with Gasteiger partial charge in [-0.25, -0.2) is 8.42 Å². The van der Waals surface area contributed by atoms with E-state index in [1.807, 2.05) is 36.1 Å². The summed E-state index contributed by atoms with van der Waals surface area (Å²) in [6.45, 7) is 9.37. The van der Waals surface area contributed by atoms with Gasteiger partial charge >= 0.3 is 0 Å². The molecular weight excluding hydrogens is 458 g/mol. The summed E-state index contributed by atoms with van der Waals surface area (Å²) in [4.78, 5) is 17.4. The number of aryl methyl sites for hydroxylation is 2. The van der Waals surface area contributed by atoms with Gasteiger partial charge in [0, 0.05) is 37.4 Å². The molecule has 0 spiro atoms. The van der Waals surface area contributed by atoms with Crippen LogP contribution in [-0.2, 0) is 16.6 Å². The van der Waals surface area contributed by atoms with Gasteiger partial charge in [0.05, 0.1) is 18.5 Å². The smallest absolute Gasteiger partial charge is 0.253 e. The van der Waals surface area contributed by atoms with Gasteiger partial charge in [-0.05, 0) is 67.8 Å². The zero-order valence-corrected chi connectivity index (χ0v) is 21.7. The van der Waals surface area contributed by atoms with Crippen LogP contribution < -0.4 is 9.21 Å². The van der Waals surface area contributed by atoms with Crippen molar-refractivity contribution in [2.45, 2.75) is 27.3 Å². The van der Waals surface area contributed by atoms with Crippen LogP contribution in [0.4, 0.5) is 11.4 Å². The van der Waals surface area contributed by atoms with Crippen LogP contribution in [0.1, 0.15) is 32.6 Å². The van der Waals surface area contributed by atoms with Crippen molar-refractivity contribution in [1.29, 1.82) is 0 Å². The highest BCUT2D eigenvalue weighted by Gasteiger charge is 2.24. The predicted octanol–water partition coefficient (Wildman–Crippen LogP) is 4.54. The lowest BCUT2D eigenvalue weighted by Gasteiger charge is -2.37. The fourth-order valence-corrected chi connectivity index (χ4v) is 5.33. The maximum absolute atomic E-state index is 13.1. The van der Waals surface area contributed by atoms with Crippen molar-refractivity contribution in [1.82, 2.24) is 4.90 Å². The second-order valence-corrected chi connectivity index (χ2v) is 11.2. The number of piperazine rings is 1. The van der Waals surface area contributed by atoms with Crippen molar-refractivity contribution in [3.63, 3.8) is 0 Å². The molecule has 3 aromatic rings. The highest BCUT2D eigenvalue weighted by atomic mass is 32.2. The number of amides is 1. The van der Waals surface area contributed by atoms with Gasteiger partial charge in [0.25, 0.3) is 5.91 Å². The molecular formula is C28H33N3O3S. The van der Waals surface area contributed by atoms with Gasteiger partial charge in [-0.1, -0.05) is 42.0 Å². The summed E-state index contributed by atoms with van der Waals surface area (Å²) >= 11 is 0. The fourth-order valence-electron chi connectivity index (χ4n) is 4.44. The van der Waals surface area contributed by atoms with Crippen molar-refractivity contribution in [2.75, 3.05) is 41.6 Å². The zero-order valence-electron chi connectivity index (χ0n) is 20.9. The van der Waals surface area contributed by atoms with E-state index in [4.69, 9.17) is 0 Å². The lowest BCUT2D eigenvalue weighted by atomic mass is 10.1. The first-order valence-corrected chi connectivity index (χ1v) is 13.7. The number of anilines is 2. The minimum Gasteiger partial charge on any atom is -0.368 e. The van der Waals surface area contributed by atoms with Crippen LogP contribution in [-0.4, -0.2) is 51.7 Å². The maximum Gasteiger partial charge on any atom is 0.253 e. The van der Waals surface area contributed by atoms with Crippen molar-refractivity contribution in [3.8, 4) is 0 Å². The van der Waals surface area contributed by atoms with Gasteiger partial charge in [0.1, 0.15) is 0 Å². The van der Waals surface area contributed by atoms with E-state index in [2.05, 4.69) is 36.9 Å². The van der Waals surface area contributed by atoms with E-state index in [0.29, 0.717) is 24.3 Å². The van der Waals surface area contributed by atoms with Crippen LogP contribution in [0, 0.1) is 20.8 Å². The average Bonchev–Trinajstić information content (AvgIpc) is 2.84. The summed E-state index contributed by atoms with van der Waals surface area (Å²) in [7, 11) is -3.49. The summed E-state index contributed by atoms with van der Waals surface area (Å²) in [5, 5.41) is 0. The number of nitrogens with zero attached hydrogens (tertiary/aromatic N) is 3. The third-order valence-corrected chi connectivity index (χ3v) is 7.87. The standard InChI is InChI=1S/C28H33N3O3S/c1-21-8-10-24(11-9-21)20-31(35(4,33)34)26-14-12-25(13-15-26)28(32)30-18-16-29(17-19-30)27-7-5-6-22(2)23(27)3/h5-15H,16-20H2,1-4H3.